The zero-order chi connectivity index (χ0) is 12.1. The SMILES string of the molecule is O=Cc1ccc(F)c(C(O)C(O)CCS)c1. The summed E-state index contributed by atoms with van der Waals surface area (Å²) in [4.78, 5) is 10.5. The highest BCUT2D eigenvalue weighted by Gasteiger charge is 2.21. The van der Waals surface area contributed by atoms with Crippen molar-refractivity contribution in [2.45, 2.75) is 18.6 Å². The molecule has 0 spiro atoms. The predicted molar refractivity (Wildman–Crippen MR) is 61.2 cm³/mol. The van der Waals surface area contributed by atoms with E-state index < -0.39 is 18.0 Å². The van der Waals surface area contributed by atoms with Gasteiger partial charge >= 0.3 is 0 Å². The first-order chi connectivity index (χ1) is 7.60. The highest BCUT2D eigenvalue weighted by Crippen LogP contribution is 2.23. The molecule has 1 rings (SSSR count). The van der Waals surface area contributed by atoms with Gasteiger partial charge in [0.05, 0.1) is 6.10 Å². The van der Waals surface area contributed by atoms with E-state index in [1.165, 1.54) is 12.1 Å². The highest BCUT2D eigenvalue weighted by molar-refractivity contribution is 7.80. The smallest absolute Gasteiger partial charge is 0.150 e. The molecule has 2 atom stereocenters. The van der Waals surface area contributed by atoms with Crippen LogP contribution in [0.4, 0.5) is 4.39 Å². The number of carbonyl (C=O) groups is 1. The summed E-state index contributed by atoms with van der Waals surface area (Å²) in [6.07, 6.45) is -1.63. The minimum absolute atomic E-state index is 0.0705. The number of aliphatic hydroxyl groups is 2. The number of hydrogen-bond donors (Lipinski definition) is 3. The van der Waals surface area contributed by atoms with E-state index in [-0.39, 0.29) is 17.5 Å². The third-order valence-corrected chi connectivity index (χ3v) is 2.52. The molecule has 2 N–H and O–H groups in total. The molecule has 1 aromatic carbocycles. The number of rotatable bonds is 5. The molecule has 0 heterocycles. The molecule has 0 aromatic heterocycles. The van der Waals surface area contributed by atoms with Crippen LogP contribution < -0.4 is 0 Å². The zero-order valence-corrected chi connectivity index (χ0v) is 9.40. The Kier molecular flexibility index (Phi) is 4.92. The first-order valence-corrected chi connectivity index (χ1v) is 5.45. The summed E-state index contributed by atoms with van der Waals surface area (Å²) in [7, 11) is 0. The normalized spacial score (nSPS) is 14.5. The molecule has 88 valence electrons. The van der Waals surface area contributed by atoms with Crippen molar-refractivity contribution in [3.8, 4) is 0 Å². The van der Waals surface area contributed by atoms with E-state index in [9.17, 15) is 19.4 Å². The van der Waals surface area contributed by atoms with Gasteiger partial charge in [-0.05, 0) is 30.4 Å². The number of halogens is 1. The van der Waals surface area contributed by atoms with E-state index in [4.69, 9.17) is 0 Å². The summed E-state index contributed by atoms with van der Waals surface area (Å²) < 4.78 is 13.4. The van der Waals surface area contributed by atoms with Gasteiger partial charge in [0.25, 0.3) is 0 Å². The van der Waals surface area contributed by atoms with Gasteiger partial charge < -0.3 is 10.2 Å². The molecule has 0 radical (unpaired) electrons. The van der Waals surface area contributed by atoms with E-state index in [2.05, 4.69) is 12.6 Å². The molecule has 0 fully saturated rings. The first kappa shape index (κ1) is 13.2. The minimum Gasteiger partial charge on any atom is -0.390 e. The Morgan fingerprint density at radius 1 is 1.44 bits per heavy atom. The summed E-state index contributed by atoms with van der Waals surface area (Å²) in [5, 5.41) is 19.2. The van der Waals surface area contributed by atoms with Crippen molar-refractivity contribution in [1.29, 1.82) is 0 Å². The fraction of sp³-hybridized carbons (Fsp3) is 0.364. The number of carbonyl (C=O) groups excluding carboxylic acids is 1. The van der Waals surface area contributed by atoms with Crippen molar-refractivity contribution in [2.75, 3.05) is 5.75 Å². The molecule has 0 aliphatic carbocycles. The molecule has 3 nitrogen and oxygen atoms in total. The average Bonchev–Trinajstić information content (AvgIpc) is 2.29. The molecule has 0 saturated carbocycles. The highest BCUT2D eigenvalue weighted by atomic mass is 32.1. The van der Waals surface area contributed by atoms with Gasteiger partial charge in [0.1, 0.15) is 18.2 Å². The maximum absolute atomic E-state index is 13.4. The molecule has 0 amide bonds. The molecule has 1 aromatic rings. The van der Waals surface area contributed by atoms with Gasteiger partial charge in [0, 0.05) is 11.1 Å². The molecule has 16 heavy (non-hydrogen) atoms. The van der Waals surface area contributed by atoms with Crippen LogP contribution in [-0.4, -0.2) is 28.4 Å². The van der Waals surface area contributed by atoms with Crippen LogP contribution in [0.15, 0.2) is 18.2 Å². The number of hydrogen-bond acceptors (Lipinski definition) is 4. The number of thiol groups is 1. The van der Waals surface area contributed by atoms with Crippen LogP contribution in [0.2, 0.25) is 0 Å². The fourth-order valence-corrected chi connectivity index (χ4v) is 1.62. The molecular formula is C11H13FO3S. The molecule has 0 saturated heterocycles. The lowest BCUT2D eigenvalue weighted by Gasteiger charge is -2.18. The summed E-state index contributed by atoms with van der Waals surface area (Å²) in [6, 6.07) is 3.63. The zero-order valence-electron chi connectivity index (χ0n) is 8.51. The number of aldehydes is 1. The van der Waals surface area contributed by atoms with Crippen molar-refractivity contribution in [3.05, 3.63) is 35.1 Å². The van der Waals surface area contributed by atoms with Crippen molar-refractivity contribution in [1.82, 2.24) is 0 Å². The third kappa shape index (κ3) is 3.04. The van der Waals surface area contributed by atoms with Crippen LogP contribution in [-0.2, 0) is 0 Å². The summed E-state index contributed by atoms with van der Waals surface area (Å²) in [6.45, 7) is 0. The Morgan fingerprint density at radius 3 is 2.69 bits per heavy atom. The molecule has 5 heteroatoms. The van der Waals surface area contributed by atoms with Gasteiger partial charge in [-0.2, -0.15) is 12.6 Å². The first-order valence-electron chi connectivity index (χ1n) is 4.81. The van der Waals surface area contributed by atoms with Crippen molar-refractivity contribution in [3.63, 3.8) is 0 Å². The van der Waals surface area contributed by atoms with E-state index in [0.717, 1.165) is 6.07 Å². The van der Waals surface area contributed by atoms with Crippen LogP contribution in [0.3, 0.4) is 0 Å². The largest absolute Gasteiger partial charge is 0.390 e. The van der Waals surface area contributed by atoms with Crippen LogP contribution in [0.5, 0.6) is 0 Å². The van der Waals surface area contributed by atoms with Gasteiger partial charge in [-0.3, -0.25) is 4.79 Å². The Hall–Kier alpha value is -0.910. The van der Waals surface area contributed by atoms with E-state index >= 15 is 0 Å². The van der Waals surface area contributed by atoms with Gasteiger partial charge in [-0.1, -0.05) is 0 Å². The van der Waals surface area contributed by atoms with Crippen LogP contribution in [0.1, 0.15) is 28.4 Å². The molecule has 0 aliphatic heterocycles. The van der Waals surface area contributed by atoms with E-state index in [0.29, 0.717) is 12.0 Å². The maximum atomic E-state index is 13.4. The second-order valence-electron chi connectivity index (χ2n) is 3.42. The second kappa shape index (κ2) is 5.98. The lowest BCUT2D eigenvalue weighted by Crippen LogP contribution is -2.20. The fourth-order valence-electron chi connectivity index (χ4n) is 1.36. The third-order valence-electron chi connectivity index (χ3n) is 2.26. The summed E-state index contributed by atoms with van der Waals surface area (Å²) >= 11 is 3.91. The molecule has 0 bridgehead atoms. The topological polar surface area (TPSA) is 57.5 Å². The lowest BCUT2D eigenvalue weighted by molar-refractivity contribution is 0.0151. The summed E-state index contributed by atoms with van der Waals surface area (Å²) in [5.41, 5.74) is 0.187. The standard InChI is InChI=1S/C11H13FO3S/c12-9-2-1-7(6-13)5-8(9)11(15)10(14)3-4-16/h1-2,5-6,10-11,14-16H,3-4H2. The summed E-state index contributed by atoms with van der Waals surface area (Å²) in [5.74, 6) is -0.260. The molecule has 2 unspecified atom stereocenters. The molecule has 0 aliphatic rings. The van der Waals surface area contributed by atoms with Gasteiger partial charge in [0.15, 0.2) is 0 Å². The quantitative estimate of drug-likeness (QED) is 0.541. The van der Waals surface area contributed by atoms with Gasteiger partial charge in [-0.25, -0.2) is 4.39 Å². The lowest BCUT2D eigenvalue weighted by atomic mass is 10.0. The Morgan fingerprint density at radius 2 is 2.12 bits per heavy atom. The molecular weight excluding hydrogens is 231 g/mol. The van der Waals surface area contributed by atoms with Crippen LogP contribution in [0, 0.1) is 5.82 Å². The minimum atomic E-state index is -1.34. The van der Waals surface area contributed by atoms with Crippen molar-refractivity contribution >= 4 is 18.9 Å². The predicted octanol–water partition coefficient (Wildman–Crippen LogP) is 1.35. The van der Waals surface area contributed by atoms with Gasteiger partial charge in [-0.15, -0.1) is 0 Å². The average molecular weight is 244 g/mol. The second-order valence-corrected chi connectivity index (χ2v) is 3.87. The Labute approximate surface area is 98.3 Å². The number of aliphatic hydroxyl groups excluding tert-OH is 2. The maximum Gasteiger partial charge on any atom is 0.150 e. The van der Waals surface area contributed by atoms with Crippen LogP contribution in [0.25, 0.3) is 0 Å². The van der Waals surface area contributed by atoms with E-state index in [1.54, 1.807) is 0 Å². The Balaban J connectivity index is 2.97. The van der Waals surface area contributed by atoms with Gasteiger partial charge in [0.2, 0.25) is 0 Å². The number of benzene rings is 1. The van der Waals surface area contributed by atoms with Crippen LogP contribution >= 0.6 is 12.6 Å². The van der Waals surface area contributed by atoms with Crippen molar-refractivity contribution in [2.24, 2.45) is 0 Å². The Bertz CT molecular complexity index is 370. The van der Waals surface area contributed by atoms with E-state index in [1.807, 2.05) is 0 Å². The van der Waals surface area contributed by atoms with Crippen molar-refractivity contribution < 1.29 is 19.4 Å². The monoisotopic (exact) mass is 244 g/mol.